The Morgan fingerprint density at radius 2 is 1.72 bits per heavy atom. The van der Waals surface area contributed by atoms with E-state index in [0.717, 1.165) is 10.6 Å². The molecule has 0 spiro atoms. The van der Waals surface area contributed by atoms with Crippen molar-refractivity contribution in [3.8, 4) is 17.2 Å². The number of carbonyl (C=O) groups is 4. The van der Waals surface area contributed by atoms with Gasteiger partial charge in [0.05, 0.1) is 19.1 Å². The fourth-order valence-corrected chi connectivity index (χ4v) is 5.70. The third-order valence-electron chi connectivity index (χ3n) is 8.15. The SMILES string of the molecule is CC[C@@H]1NC(=O)CCCN(C(=O)c2ccc(N(C)S(C)(=O)=O)cc2)CCCNC(=O)c2ccc(OC)c(c2)Oc2ccc(cc2F)CNC1=O. The van der Waals surface area contributed by atoms with Crippen LogP contribution in [0.5, 0.6) is 17.2 Å². The molecule has 15 heteroatoms. The maximum atomic E-state index is 15.1. The van der Waals surface area contributed by atoms with E-state index < -0.39 is 33.7 Å². The van der Waals surface area contributed by atoms with Crippen LogP contribution in [0.1, 0.15) is 58.9 Å². The molecule has 0 aromatic heterocycles. The Balaban J connectivity index is 1.56. The number of nitrogens with one attached hydrogen (secondary N) is 3. The molecule has 0 fully saturated rings. The lowest BCUT2D eigenvalue weighted by molar-refractivity contribution is -0.129. The number of carbonyl (C=O) groups excluding carboxylic acids is 4. The van der Waals surface area contributed by atoms with Crippen molar-refractivity contribution in [1.82, 2.24) is 20.9 Å². The van der Waals surface area contributed by atoms with Gasteiger partial charge in [0.1, 0.15) is 6.04 Å². The second-order valence-electron chi connectivity index (χ2n) is 11.8. The molecule has 3 aromatic carbocycles. The Kier molecular flexibility index (Phi) is 12.8. The average molecular weight is 712 g/mol. The molecule has 268 valence electrons. The Bertz CT molecular complexity index is 1820. The van der Waals surface area contributed by atoms with Gasteiger partial charge in [0, 0.05) is 50.8 Å². The number of sulfonamides is 1. The number of rotatable bonds is 5. The molecule has 2 heterocycles. The summed E-state index contributed by atoms with van der Waals surface area (Å²) in [6.07, 6.45) is 2.09. The number of methoxy groups -OCH3 is 1. The summed E-state index contributed by atoms with van der Waals surface area (Å²) >= 11 is 0. The first-order valence-electron chi connectivity index (χ1n) is 16.1. The van der Waals surface area contributed by atoms with Crippen LogP contribution in [-0.2, 0) is 26.2 Å². The lowest BCUT2D eigenvalue weighted by Gasteiger charge is -2.24. The third-order valence-corrected chi connectivity index (χ3v) is 9.36. The normalized spacial score (nSPS) is 16.8. The van der Waals surface area contributed by atoms with Crippen LogP contribution in [0.4, 0.5) is 10.1 Å². The van der Waals surface area contributed by atoms with Gasteiger partial charge in [0.2, 0.25) is 21.8 Å². The molecule has 0 unspecified atom stereocenters. The smallest absolute Gasteiger partial charge is 0.253 e. The van der Waals surface area contributed by atoms with Crippen molar-refractivity contribution in [1.29, 1.82) is 0 Å². The molecule has 50 heavy (non-hydrogen) atoms. The van der Waals surface area contributed by atoms with Gasteiger partial charge in [-0.2, -0.15) is 0 Å². The van der Waals surface area contributed by atoms with Crippen LogP contribution in [-0.4, -0.2) is 83.0 Å². The lowest BCUT2D eigenvalue weighted by Crippen LogP contribution is -2.46. The number of halogens is 1. The fraction of sp³-hybridized carbons (Fsp3) is 0.371. The van der Waals surface area contributed by atoms with Crippen LogP contribution in [0, 0.1) is 5.82 Å². The predicted molar refractivity (Wildman–Crippen MR) is 185 cm³/mol. The van der Waals surface area contributed by atoms with Crippen LogP contribution < -0.4 is 29.7 Å². The first-order valence-corrected chi connectivity index (χ1v) is 18.0. The molecule has 3 N–H and O–H groups in total. The van der Waals surface area contributed by atoms with Gasteiger partial charge < -0.3 is 30.3 Å². The van der Waals surface area contributed by atoms with Gasteiger partial charge in [-0.15, -0.1) is 0 Å². The van der Waals surface area contributed by atoms with Gasteiger partial charge >= 0.3 is 0 Å². The Hall–Kier alpha value is -5.18. The molecule has 2 aliphatic heterocycles. The van der Waals surface area contributed by atoms with Gasteiger partial charge in [-0.25, -0.2) is 12.8 Å². The van der Waals surface area contributed by atoms with E-state index >= 15 is 4.39 Å². The third kappa shape index (κ3) is 9.94. The zero-order chi connectivity index (χ0) is 36.4. The second-order valence-corrected chi connectivity index (χ2v) is 13.8. The summed E-state index contributed by atoms with van der Waals surface area (Å²) in [6.45, 7) is 2.40. The first-order chi connectivity index (χ1) is 23.8. The number of nitrogens with zero attached hydrogens (tertiary/aromatic N) is 2. The molecule has 1 atom stereocenters. The summed E-state index contributed by atoms with van der Waals surface area (Å²) in [5.74, 6) is -1.97. The highest BCUT2D eigenvalue weighted by atomic mass is 32.2. The van der Waals surface area contributed by atoms with Crippen LogP contribution in [0.15, 0.2) is 60.7 Å². The molecule has 4 amide bonds. The molecule has 5 rings (SSSR count). The summed E-state index contributed by atoms with van der Waals surface area (Å²) in [6, 6.07) is 14.1. The van der Waals surface area contributed by atoms with Crippen molar-refractivity contribution in [3.63, 3.8) is 0 Å². The number of hydrogen-bond acceptors (Lipinski definition) is 8. The van der Waals surface area contributed by atoms with E-state index in [4.69, 9.17) is 9.47 Å². The van der Waals surface area contributed by atoms with Crippen LogP contribution >= 0.6 is 0 Å². The van der Waals surface area contributed by atoms with Gasteiger partial charge in [0.25, 0.3) is 11.8 Å². The van der Waals surface area contributed by atoms with Gasteiger partial charge in [0.15, 0.2) is 23.1 Å². The highest BCUT2D eigenvalue weighted by Gasteiger charge is 2.22. The van der Waals surface area contributed by atoms with E-state index in [9.17, 15) is 27.6 Å². The van der Waals surface area contributed by atoms with Gasteiger partial charge in [-0.1, -0.05) is 13.0 Å². The minimum absolute atomic E-state index is 0.00394. The summed E-state index contributed by atoms with van der Waals surface area (Å²) in [5.41, 5.74) is 1.41. The zero-order valence-electron chi connectivity index (χ0n) is 28.5. The number of anilines is 1. The quantitative estimate of drug-likeness (QED) is 0.362. The van der Waals surface area contributed by atoms with Crippen molar-refractivity contribution < 1.29 is 41.5 Å². The molecule has 4 bridgehead atoms. The highest BCUT2D eigenvalue weighted by molar-refractivity contribution is 7.92. The van der Waals surface area contributed by atoms with Crippen LogP contribution in [0.25, 0.3) is 0 Å². The summed E-state index contributed by atoms with van der Waals surface area (Å²) in [7, 11) is -0.661. The number of amides is 4. The van der Waals surface area contributed by atoms with E-state index in [-0.39, 0.29) is 73.6 Å². The molecule has 0 saturated carbocycles. The highest BCUT2D eigenvalue weighted by Crippen LogP contribution is 2.34. The van der Waals surface area contributed by atoms with E-state index in [0.29, 0.717) is 29.7 Å². The lowest BCUT2D eigenvalue weighted by atomic mass is 10.1. The first kappa shape index (κ1) is 37.6. The Morgan fingerprint density at radius 3 is 2.38 bits per heavy atom. The van der Waals surface area contributed by atoms with Crippen molar-refractivity contribution in [2.75, 3.05) is 44.4 Å². The molecule has 0 aliphatic carbocycles. The number of ether oxygens (including phenoxy) is 2. The van der Waals surface area contributed by atoms with E-state index in [1.807, 2.05) is 0 Å². The van der Waals surface area contributed by atoms with Crippen molar-refractivity contribution >= 4 is 39.3 Å². The maximum absolute atomic E-state index is 15.1. The predicted octanol–water partition coefficient (Wildman–Crippen LogP) is 3.59. The number of hydrogen-bond donors (Lipinski definition) is 3. The van der Waals surface area contributed by atoms with Gasteiger partial charge in [-0.05, 0) is 79.4 Å². The molecular weight excluding hydrogens is 669 g/mol. The van der Waals surface area contributed by atoms with Gasteiger partial charge in [-0.3, -0.25) is 23.5 Å². The summed E-state index contributed by atoms with van der Waals surface area (Å²) in [4.78, 5) is 54.0. The van der Waals surface area contributed by atoms with E-state index in [2.05, 4.69) is 16.0 Å². The van der Waals surface area contributed by atoms with Crippen LogP contribution in [0.2, 0.25) is 0 Å². The van der Waals surface area contributed by atoms with Crippen molar-refractivity contribution in [2.45, 2.75) is 45.2 Å². The Morgan fingerprint density at radius 1 is 1.00 bits per heavy atom. The standard InChI is InChI=1S/C35H42FN5O8S/c1-5-28-34(44)38-22-23-9-15-29(27(36)20-23)49-31-21-25(12-16-30(31)48-3)33(43)37-17-7-19-41(18-6-8-32(42)39-28)35(45)24-10-13-26(14-11-24)40(2)50(4,46)47/h9-16,20-21,28H,5-8,17-19,22H2,1-4H3,(H,37,43)(H,38,44)(H,39,42)/t28-/m0/s1. The molecule has 2 aliphatic rings. The van der Waals surface area contributed by atoms with E-state index in [1.54, 1.807) is 24.0 Å². The van der Waals surface area contributed by atoms with E-state index in [1.165, 1.54) is 62.7 Å². The minimum atomic E-state index is -3.49. The monoisotopic (exact) mass is 711 g/mol. The molecule has 0 radical (unpaired) electrons. The molecule has 3 aromatic rings. The second kappa shape index (κ2) is 17.0. The molecule has 13 nitrogen and oxygen atoms in total. The fourth-order valence-electron chi connectivity index (χ4n) is 5.19. The largest absolute Gasteiger partial charge is 0.493 e. The van der Waals surface area contributed by atoms with Crippen LogP contribution in [0.3, 0.4) is 0 Å². The zero-order valence-corrected chi connectivity index (χ0v) is 29.3. The maximum Gasteiger partial charge on any atom is 0.253 e. The number of benzene rings is 3. The number of fused-ring (bicyclic) bond motifs is 16. The molecule has 0 saturated heterocycles. The topological polar surface area (TPSA) is 163 Å². The minimum Gasteiger partial charge on any atom is -0.493 e. The Labute approximate surface area is 291 Å². The molecular formula is C35H42FN5O8S. The summed E-state index contributed by atoms with van der Waals surface area (Å²) < 4.78 is 51.2. The van der Waals surface area contributed by atoms with Crippen molar-refractivity contribution in [3.05, 3.63) is 83.2 Å². The summed E-state index contributed by atoms with van der Waals surface area (Å²) in [5, 5.41) is 8.28. The van der Waals surface area contributed by atoms with Crippen molar-refractivity contribution in [2.24, 2.45) is 0 Å². The average Bonchev–Trinajstić information content (AvgIpc) is 3.10.